The van der Waals surface area contributed by atoms with Crippen LogP contribution in [0.4, 0.5) is 10.2 Å². The Labute approximate surface area is 231 Å². The summed E-state index contributed by atoms with van der Waals surface area (Å²) >= 11 is 6.85. The van der Waals surface area contributed by atoms with Crippen LogP contribution >= 0.6 is 11.6 Å². The molecule has 3 atom stereocenters. The number of hydrogen-bond acceptors (Lipinski definition) is 7. The number of hydrogen-bond donors (Lipinski definition) is 1. The van der Waals surface area contributed by atoms with Crippen molar-refractivity contribution in [1.82, 2.24) is 19.7 Å². The number of pyridine rings is 1. The number of halogens is 2. The molecule has 4 aliphatic heterocycles. The van der Waals surface area contributed by atoms with E-state index >= 15 is 4.39 Å². The van der Waals surface area contributed by atoms with Gasteiger partial charge in [-0.15, -0.1) is 0 Å². The second-order valence-electron chi connectivity index (χ2n) is 11.1. The molecular formula is C28H31ClFN5O4. The van der Waals surface area contributed by atoms with Gasteiger partial charge in [0.1, 0.15) is 40.3 Å². The summed E-state index contributed by atoms with van der Waals surface area (Å²) in [5.41, 5.74) is -0.187. The van der Waals surface area contributed by atoms with Gasteiger partial charge in [-0.3, -0.25) is 9.59 Å². The highest BCUT2D eigenvalue weighted by Gasteiger charge is 2.52. The molecule has 1 N–H and O–H groups in total. The molecular weight excluding hydrogens is 525 g/mol. The molecule has 0 spiro atoms. The van der Waals surface area contributed by atoms with Gasteiger partial charge in [-0.2, -0.15) is 0 Å². The van der Waals surface area contributed by atoms with E-state index in [-0.39, 0.29) is 57.3 Å². The standard InChI is InChI=1S/C28H31ClFN5O4/c1-4-20(37)33-10-11-34-17(13-33)14-39-25-22(27(34)38)26(35-9-8-16-12-32(3)15-28(16,35)2)31-24(23(25)29)21-18(30)6-5-7-19(21)36/h4-7,16-17,36H,1,8-15H2,2-3H3. The zero-order chi connectivity index (χ0) is 27.6. The average molecular weight is 556 g/mol. The van der Waals surface area contributed by atoms with Gasteiger partial charge in [0.15, 0.2) is 5.75 Å². The Morgan fingerprint density at radius 1 is 1.28 bits per heavy atom. The van der Waals surface area contributed by atoms with E-state index in [1.54, 1.807) is 9.80 Å². The van der Waals surface area contributed by atoms with Gasteiger partial charge in [0.05, 0.1) is 17.1 Å². The Balaban J connectivity index is 1.53. The van der Waals surface area contributed by atoms with E-state index in [1.807, 2.05) is 0 Å². The number of aromatic hydroxyl groups is 1. The highest BCUT2D eigenvalue weighted by atomic mass is 35.5. The van der Waals surface area contributed by atoms with Crippen LogP contribution in [0.25, 0.3) is 11.3 Å². The topological polar surface area (TPSA) is 89.5 Å². The maximum atomic E-state index is 15.1. The molecule has 11 heteroatoms. The molecule has 3 unspecified atom stereocenters. The molecule has 0 bridgehead atoms. The summed E-state index contributed by atoms with van der Waals surface area (Å²) in [4.78, 5) is 39.2. The number of phenolic OH excluding ortho intramolecular Hbond substituents is 1. The molecule has 2 amide bonds. The van der Waals surface area contributed by atoms with E-state index < -0.39 is 11.9 Å². The third-order valence-corrected chi connectivity index (χ3v) is 9.09. The van der Waals surface area contributed by atoms with Crippen molar-refractivity contribution < 1.29 is 23.8 Å². The molecule has 0 aliphatic carbocycles. The summed E-state index contributed by atoms with van der Waals surface area (Å²) in [6.45, 7) is 9.18. The summed E-state index contributed by atoms with van der Waals surface area (Å²) in [6, 6.07) is 3.60. The van der Waals surface area contributed by atoms with Gasteiger partial charge in [0.25, 0.3) is 5.91 Å². The lowest BCUT2D eigenvalue weighted by Crippen LogP contribution is -2.57. The molecule has 39 heavy (non-hydrogen) atoms. The van der Waals surface area contributed by atoms with Gasteiger partial charge < -0.3 is 29.4 Å². The lowest BCUT2D eigenvalue weighted by molar-refractivity contribution is -0.128. The minimum atomic E-state index is -0.683. The smallest absolute Gasteiger partial charge is 0.261 e. The number of ether oxygens (including phenoxy) is 1. The molecule has 4 aliphatic rings. The largest absolute Gasteiger partial charge is 0.507 e. The molecule has 1 aromatic carbocycles. The number of likely N-dealkylation sites (tertiary alicyclic amines) is 1. The van der Waals surface area contributed by atoms with Crippen LogP contribution in [0, 0.1) is 11.7 Å². The van der Waals surface area contributed by atoms with Crippen LogP contribution in [0.3, 0.4) is 0 Å². The summed E-state index contributed by atoms with van der Waals surface area (Å²) < 4.78 is 21.4. The number of carbonyl (C=O) groups excluding carboxylic acids is 2. The average Bonchev–Trinajstić information content (AvgIpc) is 3.31. The fraction of sp³-hybridized carbons (Fsp3) is 0.464. The first-order valence-electron chi connectivity index (χ1n) is 13.2. The fourth-order valence-corrected chi connectivity index (χ4v) is 7.08. The summed E-state index contributed by atoms with van der Waals surface area (Å²) in [5, 5.41) is 10.6. The first kappa shape index (κ1) is 25.9. The van der Waals surface area contributed by atoms with E-state index in [9.17, 15) is 14.7 Å². The number of aromatic nitrogens is 1. The molecule has 3 fully saturated rings. The van der Waals surface area contributed by atoms with E-state index in [4.69, 9.17) is 21.3 Å². The zero-order valence-corrected chi connectivity index (χ0v) is 22.7. The fourth-order valence-electron chi connectivity index (χ4n) is 6.79. The van der Waals surface area contributed by atoms with E-state index in [2.05, 4.69) is 30.4 Å². The van der Waals surface area contributed by atoms with E-state index in [0.717, 1.165) is 19.5 Å². The second kappa shape index (κ2) is 9.38. The molecule has 2 aromatic rings. The maximum absolute atomic E-state index is 15.1. The third kappa shape index (κ3) is 3.95. The summed E-state index contributed by atoms with van der Waals surface area (Å²) in [7, 11) is 2.07. The van der Waals surface area contributed by atoms with Crippen molar-refractivity contribution in [3.05, 3.63) is 47.3 Å². The summed E-state index contributed by atoms with van der Waals surface area (Å²) in [6.07, 6.45) is 2.18. The van der Waals surface area contributed by atoms with Crippen LogP contribution in [0.2, 0.25) is 5.02 Å². The van der Waals surface area contributed by atoms with Gasteiger partial charge in [-0.1, -0.05) is 24.2 Å². The molecule has 6 rings (SSSR count). The minimum Gasteiger partial charge on any atom is -0.507 e. The van der Waals surface area contributed by atoms with Gasteiger partial charge in [-0.25, -0.2) is 9.37 Å². The number of phenols is 1. The molecule has 0 saturated carbocycles. The number of nitrogens with zero attached hydrogens (tertiary/aromatic N) is 5. The summed E-state index contributed by atoms with van der Waals surface area (Å²) in [5.74, 6) is -0.617. The van der Waals surface area contributed by atoms with Crippen molar-refractivity contribution in [3.8, 4) is 22.8 Å². The Hall–Kier alpha value is -3.37. The number of benzene rings is 1. The van der Waals surface area contributed by atoms with Gasteiger partial charge in [-0.05, 0) is 44.5 Å². The molecule has 1 aromatic heterocycles. The Bertz CT molecular complexity index is 1370. The molecule has 206 valence electrons. The number of anilines is 1. The lowest BCUT2D eigenvalue weighted by atomic mass is 9.90. The van der Waals surface area contributed by atoms with Crippen molar-refractivity contribution in [2.45, 2.75) is 24.9 Å². The van der Waals surface area contributed by atoms with Crippen molar-refractivity contribution in [2.75, 3.05) is 57.8 Å². The Morgan fingerprint density at radius 3 is 2.82 bits per heavy atom. The predicted octanol–water partition coefficient (Wildman–Crippen LogP) is 3.01. The number of rotatable bonds is 3. The predicted molar refractivity (Wildman–Crippen MR) is 145 cm³/mol. The molecule has 3 saturated heterocycles. The normalized spacial score (nSPS) is 26.6. The lowest BCUT2D eigenvalue weighted by Gasteiger charge is -2.40. The van der Waals surface area contributed by atoms with Gasteiger partial charge in [0, 0.05) is 39.3 Å². The van der Waals surface area contributed by atoms with Crippen molar-refractivity contribution in [3.63, 3.8) is 0 Å². The monoisotopic (exact) mass is 555 g/mol. The van der Waals surface area contributed by atoms with Gasteiger partial charge >= 0.3 is 0 Å². The quantitative estimate of drug-likeness (QED) is 0.582. The van der Waals surface area contributed by atoms with Gasteiger partial charge in [0.2, 0.25) is 5.91 Å². The maximum Gasteiger partial charge on any atom is 0.261 e. The van der Waals surface area contributed by atoms with Crippen LogP contribution in [-0.4, -0.2) is 101 Å². The molecule has 9 nitrogen and oxygen atoms in total. The Kier molecular flexibility index (Phi) is 6.22. The highest BCUT2D eigenvalue weighted by Crippen LogP contribution is 2.50. The first-order valence-corrected chi connectivity index (χ1v) is 13.5. The third-order valence-electron chi connectivity index (χ3n) is 8.74. The number of fused-ring (bicyclic) bond motifs is 3. The number of amides is 2. The minimum absolute atomic E-state index is 0.0237. The van der Waals surface area contributed by atoms with Crippen LogP contribution in [0.15, 0.2) is 30.9 Å². The number of piperazine rings is 1. The molecule has 5 heterocycles. The first-order chi connectivity index (χ1) is 18.6. The van der Waals surface area contributed by atoms with Crippen LogP contribution in [0.5, 0.6) is 11.5 Å². The Morgan fingerprint density at radius 2 is 2.08 bits per heavy atom. The highest BCUT2D eigenvalue weighted by molar-refractivity contribution is 6.35. The van der Waals surface area contributed by atoms with E-state index in [1.165, 1.54) is 24.3 Å². The molecule has 0 radical (unpaired) electrons. The number of likely N-dealkylation sites (N-methyl/N-ethyl adjacent to an activating group) is 1. The second-order valence-corrected chi connectivity index (χ2v) is 11.5. The van der Waals surface area contributed by atoms with Crippen LogP contribution in [-0.2, 0) is 4.79 Å². The van der Waals surface area contributed by atoms with Crippen molar-refractivity contribution >= 4 is 29.2 Å². The van der Waals surface area contributed by atoms with E-state index in [0.29, 0.717) is 37.9 Å². The zero-order valence-electron chi connectivity index (χ0n) is 22.0. The van der Waals surface area contributed by atoms with Crippen LogP contribution < -0.4 is 9.64 Å². The van der Waals surface area contributed by atoms with Crippen LogP contribution in [0.1, 0.15) is 23.7 Å². The SMILES string of the molecule is C=CC(=O)N1CCN2C(=O)c3c(N4CCC5CN(C)CC54C)nc(-c4c(O)cccc4F)c(Cl)c3OCC2C1. The van der Waals surface area contributed by atoms with Crippen molar-refractivity contribution in [1.29, 1.82) is 0 Å². The van der Waals surface area contributed by atoms with Crippen molar-refractivity contribution in [2.24, 2.45) is 5.92 Å². The number of carbonyl (C=O) groups is 2.